The minimum atomic E-state index is -0.557. The summed E-state index contributed by atoms with van der Waals surface area (Å²) in [4.78, 5) is 14.7. The number of azide groups is 1. The third-order valence-electron chi connectivity index (χ3n) is 4.13. The monoisotopic (exact) mass is 344 g/mol. The molecule has 129 valence electrons. The normalized spacial score (nSPS) is 17.3. The lowest BCUT2D eigenvalue weighted by atomic mass is 9.80. The van der Waals surface area contributed by atoms with Crippen molar-refractivity contribution in [2.45, 2.75) is 19.1 Å². The predicted molar refractivity (Wildman–Crippen MR) is 98.7 cm³/mol. The van der Waals surface area contributed by atoms with E-state index in [9.17, 15) is 4.79 Å². The van der Waals surface area contributed by atoms with Crippen molar-refractivity contribution in [1.29, 1.82) is 0 Å². The summed E-state index contributed by atoms with van der Waals surface area (Å²) in [6.07, 6.45) is 5.13. The van der Waals surface area contributed by atoms with Gasteiger partial charge in [0.15, 0.2) is 0 Å². The van der Waals surface area contributed by atoms with Crippen molar-refractivity contribution in [3.8, 4) is 0 Å². The van der Waals surface area contributed by atoms with Gasteiger partial charge in [-0.15, -0.1) is 0 Å². The van der Waals surface area contributed by atoms with E-state index in [1.807, 2.05) is 79.9 Å². The second-order valence-corrected chi connectivity index (χ2v) is 5.85. The number of benzene rings is 2. The Morgan fingerprint density at radius 1 is 0.962 bits per heavy atom. The minimum Gasteiger partial charge on any atom is -0.457 e. The first-order valence-corrected chi connectivity index (χ1v) is 8.27. The number of carbonyl (C=O) groups excluding carboxylic acids is 1. The number of hydrogen-bond acceptors (Lipinski definition) is 3. The van der Waals surface area contributed by atoms with E-state index >= 15 is 0 Å². The van der Waals surface area contributed by atoms with Crippen molar-refractivity contribution in [2.24, 2.45) is 5.11 Å². The molecule has 1 aliphatic carbocycles. The second kappa shape index (κ2) is 8.54. The van der Waals surface area contributed by atoms with Crippen LogP contribution < -0.4 is 0 Å². The molecule has 0 unspecified atom stereocenters. The SMILES string of the molecule is CC(=O)O[C@H]([C]1[CH][CH][CH][C]1[C@@H](N=[N+]=[N-])c1ccccc1)c1ccccc1. The van der Waals surface area contributed by atoms with E-state index < -0.39 is 12.1 Å². The average Bonchev–Trinajstić information content (AvgIpc) is 3.14. The zero-order valence-corrected chi connectivity index (χ0v) is 14.3. The van der Waals surface area contributed by atoms with Crippen molar-refractivity contribution in [1.82, 2.24) is 0 Å². The Bertz CT molecular complexity index is 772. The highest BCUT2D eigenvalue weighted by Gasteiger charge is 2.42. The summed E-state index contributed by atoms with van der Waals surface area (Å²) in [5.41, 5.74) is 10.8. The molecule has 26 heavy (non-hydrogen) atoms. The van der Waals surface area contributed by atoms with E-state index in [1.165, 1.54) is 6.92 Å². The minimum absolute atomic E-state index is 0.369. The molecule has 0 heterocycles. The largest absolute Gasteiger partial charge is 0.457 e. The molecular formula is C21H18N3O2. The molecule has 5 radical (unpaired) electrons. The van der Waals surface area contributed by atoms with Gasteiger partial charge in [0.2, 0.25) is 0 Å². The summed E-state index contributed by atoms with van der Waals surface area (Å²) in [6.45, 7) is 1.39. The zero-order valence-electron chi connectivity index (χ0n) is 14.3. The zero-order chi connectivity index (χ0) is 18.4. The van der Waals surface area contributed by atoms with Crippen molar-refractivity contribution < 1.29 is 9.53 Å². The Hall–Kier alpha value is -2.78. The van der Waals surface area contributed by atoms with E-state index in [-0.39, 0.29) is 5.97 Å². The van der Waals surface area contributed by atoms with Crippen molar-refractivity contribution in [3.63, 3.8) is 0 Å². The van der Waals surface area contributed by atoms with E-state index in [4.69, 9.17) is 10.3 Å². The molecule has 2 aromatic carbocycles. The van der Waals surface area contributed by atoms with Gasteiger partial charge in [-0.25, -0.2) is 0 Å². The van der Waals surface area contributed by atoms with Crippen molar-refractivity contribution in [3.05, 3.63) is 113 Å². The second-order valence-electron chi connectivity index (χ2n) is 5.85. The van der Waals surface area contributed by atoms with Gasteiger partial charge in [0, 0.05) is 23.7 Å². The third-order valence-corrected chi connectivity index (χ3v) is 4.13. The number of ether oxygens (including phenoxy) is 1. The molecule has 5 heteroatoms. The van der Waals surface area contributed by atoms with Gasteiger partial charge in [0.1, 0.15) is 6.10 Å². The summed E-state index contributed by atoms with van der Waals surface area (Å²) in [5.74, 6) is 1.27. The molecule has 0 spiro atoms. The van der Waals surface area contributed by atoms with Gasteiger partial charge in [0.05, 0.1) is 6.04 Å². The molecule has 1 fully saturated rings. The van der Waals surface area contributed by atoms with Crippen LogP contribution in [0, 0.1) is 31.1 Å². The highest BCUT2D eigenvalue weighted by Crippen LogP contribution is 2.50. The van der Waals surface area contributed by atoms with Gasteiger partial charge in [-0.3, -0.25) is 4.79 Å². The maximum absolute atomic E-state index is 11.7. The fraction of sp³-hybridized carbons (Fsp3) is 0.143. The van der Waals surface area contributed by atoms with E-state index in [2.05, 4.69) is 10.0 Å². The van der Waals surface area contributed by atoms with Gasteiger partial charge in [0.25, 0.3) is 0 Å². The van der Waals surface area contributed by atoms with Crippen LogP contribution in [0.3, 0.4) is 0 Å². The molecule has 3 rings (SSSR count). The molecule has 2 aromatic rings. The van der Waals surface area contributed by atoms with Gasteiger partial charge in [-0.2, -0.15) is 0 Å². The van der Waals surface area contributed by atoms with Crippen LogP contribution in [0.25, 0.3) is 10.4 Å². The Labute approximate surface area is 153 Å². The number of nitrogens with zero attached hydrogens (tertiary/aromatic N) is 3. The summed E-state index contributed by atoms with van der Waals surface area (Å²) in [6, 6.07) is 18.6. The fourth-order valence-electron chi connectivity index (χ4n) is 3.04. The lowest BCUT2D eigenvalue weighted by Gasteiger charge is -2.30. The maximum atomic E-state index is 11.7. The molecule has 0 saturated heterocycles. The maximum Gasteiger partial charge on any atom is 0.303 e. The van der Waals surface area contributed by atoms with Crippen LogP contribution in [0.2, 0.25) is 0 Å². The lowest BCUT2D eigenvalue weighted by Crippen LogP contribution is -2.22. The summed E-state index contributed by atoms with van der Waals surface area (Å²) < 4.78 is 5.61. The lowest BCUT2D eigenvalue weighted by molar-refractivity contribution is -0.145. The highest BCUT2D eigenvalue weighted by molar-refractivity contribution is 5.67. The Kier molecular flexibility index (Phi) is 5.92. The van der Waals surface area contributed by atoms with E-state index in [0.717, 1.165) is 23.0 Å². The van der Waals surface area contributed by atoms with Crippen LogP contribution in [0.4, 0.5) is 0 Å². The molecule has 0 aromatic heterocycles. The Morgan fingerprint density at radius 3 is 2.12 bits per heavy atom. The van der Waals surface area contributed by atoms with Crippen LogP contribution in [0.5, 0.6) is 0 Å². The highest BCUT2D eigenvalue weighted by atomic mass is 16.5. The first kappa shape index (κ1) is 18.0. The van der Waals surface area contributed by atoms with E-state index in [1.54, 1.807) is 0 Å². The van der Waals surface area contributed by atoms with Gasteiger partial charge < -0.3 is 4.74 Å². The third kappa shape index (κ3) is 4.06. The molecule has 5 nitrogen and oxygen atoms in total. The number of esters is 1. The van der Waals surface area contributed by atoms with Crippen molar-refractivity contribution >= 4 is 5.97 Å². The van der Waals surface area contributed by atoms with Crippen LogP contribution in [-0.2, 0) is 9.53 Å². The van der Waals surface area contributed by atoms with Gasteiger partial charge in [-0.05, 0) is 35.9 Å². The van der Waals surface area contributed by atoms with Crippen LogP contribution in [0.1, 0.15) is 30.2 Å². The standard InChI is InChI=1S/C21H18N3O2/c1-15(25)26-21(17-11-6-3-7-12-17)19-14-8-13-18(19)20(23-24-22)16-9-4-2-5-10-16/h2-14,20-21H,1H3/t20-,21-/m0/s1. The van der Waals surface area contributed by atoms with Crippen LogP contribution in [-0.4, -0.2) is 5.97 Å². The smallest absolute Gasteiger partial charge is 0.303 e. The van der Waals surface area contributed by atoms with Gasteiger partial charge in [-0.1, -0.05) is 65.8 Å². The van der Waals surface area contributed by atoms with Crippen molar-refractivity contribution in [2.75, 3.05) is 0 Å². The predicted octanol–water partition coefficient (Wildman–Crippen LogP) is 5.12. The fourth-order valence-corrected chi connectivity index (χ4v) is 3.04. The first-order valence-electron chi connectivity index (χ1n) is 8.27. The topological polar surface area (TPSA) is 75.1 Å². The summed E-state index contributed by atoms with van der Waals surface area (Å²) >= 11 is 0. The summed E-state index contributed by atoms with van der Waals surface area (Å²) in [7, 11) is 0. The number of hydrogen-bond donors (Lipinski definition) is 0. The van der Waals surface area contributed by atoms with Crippen LogP contribution in [0.15, 0.2) is 65.8 Å². The average molecular weight is 344 g/mol. The van der Waals surface area contributed by atoms with Gasteiger partial charge >= 0.3 is 5.97 Å². The first-order chi connectivity index (χ1) is 12.7. The Morgan fingerprint density at radius 2 is 1.54 bits per heavy atom. The molecule has 0 bridgehead atoms. The molecule has 0 aliphatic heterocycles. The molecule has 1 saturated carbocycles. The molecule has 0 amide bonds. The molecule has 0 N–H and O–H groups in total. The van der Waals surface area contributed by atoms with Crippen LogP contribution >= 0.6 is 0 Å². The molecule has 2 atom stereocenters. The number of carbonyl (C=O) groups is 1. The molecular weight excluding hydrogens is 326 g/mol. The van der Waals surface area contributed by atoms with E-state index in [0.29, 0.717) is 0 Å². The molecule has 1 aliphatic rings. The Balaban J connectivity index is 1.95. The summed E-state index contributed by atoms with van der Waals surface area (Å²) in [5, 5.41) is 3.99. The quantitative estimate of drug-likeness (QED) is 0.316. The number of rotatable bonds is 6.